The van der Waals surface area contributed by atoms with Gasteiger partial charge in [-0.15, -0.1) is 11.3 Å². The molecule has 0 aliphatic carbocycles. The van der Waals surface area contributed by atoms with Gasteiger partial charge in [-0.25, -0.2) is 13.2 Å². The quantitative estimate of drug-likeness (QED) is 0.495. The van der Waals surface area contributed by atoms with Gasteiger partial charge in [0.2, 0.25) is 0 Å². The van der Waals surface area contributed by atoms with Gasteiger partial charge >= 0.3 is 5.97 Å². The number of nitrogens with zero attached hydrogens (tertiary/aromatic N) is 1. The molecular formula is C19H22N2O5S2. The fourth-order valence-corrected chi connectivity index (χ4v) is 4.43. The second-order valence-electron chi connectivity index (χ2n) is 6.02. The Morgan fingerprint density at radius 3 is 2.54 bits per heavy atom. The zero-order chi connectivity index (χ0) is 20.7. The molecule has 9 heteroatoms. The molecule has 0 bridgehead atoms. The number of esters is 1. The number of nitrogens with one attached hydrogen (secondary N) is 1. The Balaban J connectivity index is 2.10. The molecule has 1 heterocycles. The van der Waals surface area contributed by atoms with Crippen LogP contribution in [0, 0.1) is 0 Å². The maximum atomic E-state index is 12.4. The van der Waals surface area contributed by atoms with E-state index in [4.69, 9.17) is 4.74 Å². The maximum absolute atomic E-state index is 12.4. The average molecular weight is 423 g/mol. The number of benzene rings is 1. The largest absolute Gasteiger partial charge is 0.452 e. The molecule has 0 spiro atoms. The third kappa shape index (κ3) is 5.67. The third-order valence-corrected chi connectivity index (χ3v) is 6.44. The zero-order valence-electron chi connectivity index (χ0n) is 15.7. The Morgan fingerprint density at radius 1 is 1.21 bits per heavy atom. The van der Waals surface area contributed by atoms with E-state index in [1.54, 1.807) is 30.5 Å². The van der Waals surface area contributed by atoms with Crippen LogP contribution < -0.4 is 4.72 Å². The molecule has 0 saturated carbocycles. The first-order valence-corrected chi connectivity index (χ1v) is 10.9. The molecule has 1 aromatic heterocycles. The van der Waals surface area contributed by atoms with Crippen LogP contribution in [-0.2, 0) is 19.6 Å². The lowest BCUT2D eigenvalue weighted by atomic mass is 10.2. The first-order valence-electron chi connectivity index (χ1n) is 8.49. The lowest BCUT2D eigenvalue weighted by Gasteiger charge is -2.20. The van der Waals surface area contributed by atoms with Crippen LogP contribution in [0.3, 0.4) is 0 Å². The molecule has 1 aromatic carbocycles. The van der Waals surface area contributed by atoms with Gasteiger partial charge < -0.3 is 9.64 Å². The number of para-hydroxylation sites is 1. The van der Waals surface area contributed by atoms with Crippen molar-refractivity contribution in [1.82, 2.24) is 4.90 Å². The Labute approximate surface area is 168 Å². The SMILES string of the molecule is C=C(C)CN(CC)C(=O)COC(=O)c1ccccc1NS(=O)(=O)c1cccs1. The summed E-state index contributed by atoms with van der Waals surface area (Å²) >= 11 is 1.06. The number of sulfonamides is 1. The highest BCUT2D eigenvalue weighted by molar-refractivity contribution is 7.94. The first-order chi connectivity index (χ1) is 13.2. The van der Waals surface area contributed by atoms with Crippen molar-refractivity contribution in [3.05, 3.63) is 59.5 Å². The van der Waals surface area contributed by atoms with Gasteiger partial charge in [-0.1, -0.05) is 30.4 Å². The summed E-state index contributed by atoms with van der Waals surface area (Å²) in [6, 6.07) is 9.16. The lowest BCUT2D eigenvalue weighted by molar-refractivity contribution is -0.133. The van der Waals surface area contributed by atoms with Crippen LogP contribution in [0.4, 0.5) is 5.69 Å². The summed E-state index contributed by atoms with van der Waals surface area (Å²) in [6.07, 6.45) is 0. The first kappa shape index (κ1) is 21.6. The monoisotopic (exact) mass is 422 g/mol. The van der Waals surface area contributed by atoms with Gasteiger partial charge in [0.05, 0.1) is 11.3 Å². The number of likely N-dealkylation sites (N-methyl/N-ethyl adjacent to an activating group) is 1. The summed E-state index contributed by atoms with van der Waals surface area (Å²) in [5, 5.41) is 1.64. The van der Waals surface area contributed by atoms with E-state index in [1.807, 2.05) is 6.92 Å². The molecule has 0 atom stereocenters. The van der Waals surface area contributed by atoms with Crippen molar-refractivity contribution < 1.29 is 22.7 Å². The van der Waals surface area contributed by atoms with Crippen LogP contribution in [0.25, 0.3) is 0 Å². The molecule has 0 aliphatic rings. The molecular weight excluding hydrogens is 400 g/mol. The van der Waals surface area contributed by atoms with Gasteiger partial charge in [0.15, 0.2) is 6.61 Å². The molecule has 0 fully saturated rings. The Hall–Kier alpha value is -2.65. The summed E-state index contributed by atoms with van der Waals surface area (Å²) < 4.78 is 32.5. The maximum Gasteiger partial charge on any atom is 0.340 e. The topological polar surface area (TPSA) is 92.8 Å². The fourth-order valence-electron chi connectivity index (χ4n) is 2.36. The van der Waals surface area contributed by atoms with Crippen molar-refractivity contribution in [3.63, 3.8) is 0 Å². The van der Waals surface area contributed by atoms with Gasteiger partial charge in [-0.05, 0) is 37.4 Å². The van der Waals surface area contributed by atoms with Crippen LogP contribution in [0.2, 0.25) is 0 Å². The van der Waals surface area contributed by atoms with Crippen LogP contribution in [0.1, 0.15) is 24.2 Å². The number of amides is 1. The normalized spacial score (nSPS) is 10.9. The summed E-state index contributed by atoms with van der Waals surface area (Å²) in [7, 11) is -3.81. The van der Waals surface area contributed by atoms with Crippen LogP contribution in [0.15, 0.2) is 58.1 Å². The van der Waals surface area contributed by atoms with E-state index in [-0.39, 0.29) is 21.4 Å². The van der Waals surface area contributed by atoms with Crippen LogP contribution in [0.5, 0.6) is 0 Å². The highest BCUT2D eigenvalue weighted by atomic mass is 32.2. The number of carbonyl (C=O) groups excluding carboxylic acids is 2. The molecule has 1 amide bonds. The second kappa shape index (κ2) is 9.52. The summed E-state index contributed by atoms with van der Waals surface area (Å²) in [6.45, 7) is 7.79. The summed E-state index contributed by atoms with van der Waals surface area (Å²) in [5.74, 6) is -1.14. The van der Waals surface area contributed by atoms with E-state index in [1.165, 1.54) is 23.1 Å². The van der Waals surface area contributed by atoms with E-state index >= 15 is 0 Å². The molecule has 2 rings (SSSR count). The van der Waals surface area contributed by atoms with Crippen molar-refractivity contribution in [2.75, 3.05) is 24.4 Å². The molecule has 2 aromatic rings. The molecule has 0 unspecified atom stereocenters. The van der Waals surface area contributed by atoms with Gasteiger partial charge in [0, 0.05) is 13.1 Å². The molecule has 28 heavy (non-hydrogen) atoms. The molecule has 0 radical (unpaired) electrons. The highest BCUT2D eigenvalue weighted by Gasteiger charge is 2.21. The zero-order valence-corrected chi connectivity index (χ0v) is 17.3. The summed E-state index contributed by atoms with van der Waals surface area (Å²) in [4.78, 5) is 26.2. The molecule has 7 nitrogen and oxygen atoms in total. The fraction of sp³-hybridized carbons (Fsp3) is 0.263. The van der Waals surface area contributed by atoms with Crippen molar-refractivity contribution in [3.8, 4) is 0 Å². The average Bonchev–Trinajstić information content (AvgIpc) is 3.19. The smallest absolute Gasteiger partial charge is 0.340 e. The minimum Gasteiger partial charge on any atom is -0.452 e. The number of carbonyl (C=O) groups is 2. The lowest BCUT2D eigenvalue weighted by Crippen LogP contribution is -2.35. The van der Waals surface area contributed by atoms with Gasteiger partial charge in [0.25, 0.3) is 15.9 Å². The molecule has 1 N–H and O–H groups in total. The predicted octanol–water partition coefficient (Wildman–Crippen LogP) is 3.13. The minimum atomic E-state index is -3.81. The van der Waals surface area contributed by atoms with E-state index in [9.17, 15) is 18.0 Å². The molecule has 0 saturated heterocycles. The predicted molar refractivity (Wildman–Crippen MR) is 109 cm³/mol. The standard InChI is InChI=1S/C19H22N2O5S2/c1-4-21(12-14(2)3)17(22)13-26-19(23)15-8-5-6-9-16(15)20-28(24,25)18-10-7-11-27-18/h5-11,20H,2,4,12-13H2,1,3H3. The molecule has 150 valence electrons. The van der Waals surface area contributed by atoms with Gasteiger partial charge in [-0.2, -0.15) is 0 Å². The number of anilines is 1. The van der Waals surface area contributed by atoms with Crippen molar-refractivity contribution in [1.29, 1.82) is 0 Å². The number of rotatable bonds is 9. The van der Waals surface area contributed by atoms with Gasteiger partial charge in [0.1, 0.15) is 4.21 Å². The Kier molecular flexibility index (Phi) is 7.36. The minimum absolute atomic E-state index is 0.0263. The van der Waals surface area contributed by atoms with Crippen molar-refractivity contribution >= 4 is 38.9 Å². The van der Waals surface area contributed by atoms with Crippen LogP contribution >= 0.6 is 11.3 Å². The van der Waals surface area contributed by atoms with Gasteiger partial charge in [-0.3, -0.25) is 9.52 Å². The van der Waals surface area contributed by atoms with Crippen LogP contribution in [-0.4, -0.2) is 44.9 Å². The third-order valence-electron chi connectivity index (χ3n) is 3.67. The van der Waals surface area contributed by atoms with Crippen molar-refractivity contribution in [2.24, 2.45) is 0 Å². The number of thiophene rings is 1. The Morgan fingerprint density at radius 2 is 1.93 bits per heavy atom. The van der Waals surface area contributed by atoms with E-state index in [2.05, 4.69) is 11.3 Å². The van der Waals surface area contributed by atoms with E-state index in [0.717, 1.165) is 16.9 Å². The van der Waals surface area contributed by atoms with Crippen molar-refractivity contribution in [2.45, 2.75) is 18.1 Å². The number of hydrogen-bond donors (Lipinski definition) is 1. The second-order valence-corrected chi connectivity index (χ2v) is 8.88. The Bertz CT molecular complexity index is 952. The molecule has 0 aliphatic heterocycles. The van der Waals surface area contributed by atoms with E-state index in [0.29, 0.717) is 13.1 Å². The number of hydrogen-bond acceptors (Lipinski definition) is 6. The van der Waals surface area contributed by atoms with E-state index < -0.39 is 22.6 Å². The highest BCUT2D eigenvalue weighted by Crippen LogP contribution is 2.23. The number of ether oxygens (including phenoxy) is 1. The summed E-state index contributed by atoms with van der Waals surface area (Å²) in [5.41, 5.74) is 0.927.